The average Bonchev–Trinajstić information content (AvgIpc) is 2.33. The van der Waals surface area contributed by atoms with Crippen molar-refractivity contribution < 1.29 is 5.11 Å². The van der Waals surface area contributed by atoms with Crippen molar-refractivity contribution in [3.05, 3.63) is 23.8 Å². The summed E-state index contributed by atoms with van der Waals surface area (Å²) in [5.74, 6) is 0. The van der Waals surface area contributed by atoms with Crippen molar-refractivity contribution in [3.63, 3.8) is 0 Å². The molecule has 3 nitrogen and oxygen atoms in total. The number of nitrogens with zero attached hydrogens (tertiary/aromatic N) is 1. The van der Waals surface area contributed by atoms with Gasteiger partial charge in [0.1, 0.15) is 0 Å². The highest BCUT2D eigenvalue weighted by Gasteiger charge is 2.23. The summed E-state index contributed by atoms with van der Waals surface area (Å²) in [6, 6.07) is 6.27. The van der Waals surface area contributed by atoms with E-state index in [1.165, 1.54) is 18.5 Å². The van der Waals surface area contributed by atoms with Gasteiger partial charge in [-0.15, -0.1) is 0 Å². The first-order chi connectivity index (χ1) is 7.74. The molecule has 0 spiro atoms. The van der Waals surface area contributed by atoms with Gasteiger partial charge in [-0.05, 0) is 43.9 Å². The largest absolute Gasteiger partial charge is 0.398 e. The Kier molecular flexibility index (Phi) is 3.34. The number of rotatable bonds is 2. The highest BCUT2D eigenvalue weighted by molar-refractivity contribution is 5.64. The zero-order valence-corrected chi connectivity index (χ0v) is 9.82. The molecule has 0 bridgehead atoms. The molecule has 0 amide bonds. The minimum atomic E-state index is 0.230. The van der Waals surface area contributed by atoms with Gasteiger partial charge in [-0.3, -0.25) is 0 Å². The van der Waals surface area contributed by atoms with Gasteiger partial charge in [0.25, 0.3) is 0 Å². The van der Waals surface area contributed by atoms with E-state index in [1.54, 1.807) is 0 Å². The minimum absolute atomic E-state index is 0.230. The monoisotopic (exact) mass is 220 g/mol. The van der Waals surface area contributed by atoms with E-state index in [2.05, 4.69) is 11.0 Å². The number of nitrogen functional groups attached to an aromatic ring is 1. The second-order valence-electron chi connectivity index (χ2n) is 4.52. The fourth-order valence-electron chi connectivity index (χ4n) is 2.46. The van der Waals surface area contributed by atoms with Crippen molar-refractivity contribution in [2.45, 2.75) is 32.2 Å². The predicted octanol–water partition coefficient (Wildman–Crippen LogP) is 1.93. The van der Waals surface area contributed by atoms with Crippen molar-refractivity contribution >= 4 is 11.4 Å². The number of hydrogen-bond donors (Lipinski definition) is 2. The second-order valence-corrected chi connectivity index (χ2v) is 4.52. The molecule has 0 saturated carbocycles. The molecule has 1 aromatic rings. The van der Waals surface area contributed by atoms with E-state index in [9.17, 15) is 5.11 Å². The molecule has 1 atom stereocenters. The van der Waals surface area contributed by atoms with E-state index in [0.29, 0.717) is 0 Å². The zero-order chi connectivity index (χ0) is 11.5. The van der Waals surface area contributed by atoms with E-state index >= 15 is 0 Å². The van der Waals surface area contributed by atoms with Crippen LogP contribution in [0.4, 0.5) is 11.4 Å². The Morgan fingerprint density at radius 3 is 3.00 bits per heavy atom. The van der Waals surface area contributed by atoms with Crippen LogP contribution in [0, 0.1) is 6.92 Å². The molecule has 3 N–H and O–H groups in total. The van der Waals surface area contributed by atoms with E-state index in [1.807, 2.05) is 19.1 Å². The number of aliphatic hydroxyl groups excluding tert-OH is 1. The lowest BCUT2D eigenvalue weighted by Gasteiger charge is -2.37. The molecule has 1 aromatic carbocycles. The van der Waals surface area contributed by atoms with Crippen LogP contribution in [0.15, 0.2) is 18.2 Å². The number of piperidine rings is 1. The van der Waals surface area contributed by atoms with E-state index in [-0.39, 0.29) is 12.6 Å². The summed E-state index contributed by atoms with van der Waals surface area (Å²) < 4.78 is 0. The number of aliphatic hydroxyl groups is 1. The van der Waals surface area contributed by atoms with Crippen molar-refractivity contribution in [2.75, 3.05) is 23.8 Å². The smallest absolute Gasteiger partial charge is 0.0635 e. The Balaban J connectivity index is 2.30. The van der Waals surface area contributed by atoms with Crippen LogP contribution in [0.5, 0.6) is 0 Å². The van der Waals surface area contributed by atoms with Crippen LogP contribution < -0.4 is 10.6 Å². The van der Waals surface area contributed by atoms with Crippen LogP contribution in [0.3, 0.4) is 0 Å². The molecule has 0 aromatic heterocycles. The van der Waals surface area contributed by atoms with Crippen molar-refractivity contribution in [2.24, 2.45) is 0 Å². The topological polar surface area (TPSA) is 49.5 Å². The maximum atomic E-state index is 9.41. The minimum Gasteiger partial charge on any atom is -0.398 e. The van der Waals surface area contributed by atoms with Gasteiger partial charge in [0.2, 0.25) is 0 Å². The molecule has 16 heavy (non-hydrogen) atoms. The summed E-state index contributed by atoms with van der Waals surface area (Å²) in [7, 11) is 0. The molecule has 1 aliphatic rings. The molecule has 1 saturated heterocycles. The summed E-state index contributed by atoms with van der Waals surface area (Å²) in [6.07, 6.45) is 3.48. The molecule has 1 aliphatic heterocycles. The van der Waals surface area contributed by atoms with Crippen LogP contribution in [0.25, 0.3) is 0 Å². The third kappa shape index (κ3) is 2.00. The lowest BCUT2D eigenvalue weighted by Crippen LogP contribution is -2.42. The van der Waals surface area contributed by atoms with Gasteiger partial charge in [-0.25, -0.2) is 0 Å². The normalized spacial score (nSPS) is 21.1. The third-order valence-corrected chi connectivity index (χ3v) is 3.49. The number of hydrogen-bond acceptors (Lipinski definition) is 3. The highest BCUT2D eigenvalue weighted by Crippen LogP contribution is 2.30. The molecule has 1 unspecified atom stereocenters. The first-order valence-corrected chi connectivity index (χ1v) is 5.96. The van der Waals surface area contributed by atoms with Gasteiger partial charge in [0.05, 0.1) is 12.6 Å². The Morgan fingerprint density at radius 1 is 1.44 bits per heavy atom. The van der Waals surface area contributed by atoms with E-state index in [0.717, 1.165) is 24.2 Å². The Morgan fingerprint density at radius 2 is 2.25 bits per heavy atom. The lowest BCUT2D eigenvalue weighted by molar-refractivity contribution is 0.240. The van der Waals surface area contributed by atoms with Gasteiger partial charge in [0.15, 0.2) is 0 Å². The van der Waals surface area contributed by atoms with Crippen molar-refractivity contribution in [1.29, 1.82) is 0 Å². The van der Waals surface area contributed by atoms with Crippen molar-refractivity contribution in [1.82, 2.24) is 0 Å². The summed E-state index contributed by atoms with van der Waals surface area (Å²) >= 11 is 0. The van der Waals surface area contributed by atoms with Crippen LogP contribution in [0.1, 0.15) is 24.8 Å². The van der Waals surface area contributed by atoms with Crippen LogP contribution in [-0.2, 0) is 0 Å². The summed E-state index contributed by atoms with van der Waals surface area (Å²) in [5, 5.41) is 9.41. The Labute approximate surface area is 96.9 Å². The fourth-order valence-corrected chi connectivity index (χ4v) is 2.46. The molecular formula is C13H20N2O. The van der Waals surface area contributed by atoms with Gasteiger partial charge < -0.3 is 15.7 Å². The Bertz CT molecular complexity index is 365. The molecule has 88 valence electrons. The van der Waals surface area contributed by atoms with E-state index in [4.69, 9.17) is 5.73 Å². The molecule has 3 heteroatoms. The quantitative estimate of drug-likeness (QED) is 0.749. The predicted molar refractivity (Wildman–Crippen MR) is 67.7 cm³/mol. The molecule has 1 fully saturated rings. The molecular weight excluding hydrogens is 200 g/mol. The van der Waals surface area contributed by atoms with Crippen LogP contribution >= 0.6 is 0 Å². The fraction of sp³-hybridized carbons (Fsp3) is 0.538. The molecule has 0 radical (unpaired) electrons. The number of anilines is 2. The second kappa shape index (κ2) is 4.74. The van der Waals surface area contributed by atoms with E-state index < -0.39 is 0 Å². The van der Waals surface area contributed by atoms with Gasteiger partial charge in [0, 0.05) is 17.9 Å². The lowest BCUT2D eigenvalue weighted by atomic mass is 10.00. The number of benzene rings is 1. The van der Waals surface area contributed by atoms with Gasteiger partial charge in [-0.1, -0.05) is 6.07 Å². The summed E-state index contributed by atoms with van der Waals surface area (Å²) in [5.41, 5.74) is 9.07. The standard InChI is InChI=1S/C13H20N2O/c1-10-12(14)6-4-7-13(10)15-8-3-2-5-11(15)9-16/h4,6-7,11,16H,2-3,5,8-9,14H2,1H3. The Hall–Kier alpha value is -1.22. The highest BCUT2D eigenvalue weighted by atomic mass is 16.3. The SMILES string of the molecule is Cc1c(N)cccc1N1CCCCC1CO. The molecule has 2 rings (SSSR count). The first kappa shape index (κ1) is 11.3. The maximum absolute atomic E-state index is 9.41. The van der Waals surface area contributed by atoms with Crippen LogP contribution in [0.2, 0.25) is 0 Å². The first-order valence-electron chi connectivity index (χ1n) is 5.96. The summed E-state index contributed by atoms with van der Waals surface area (Å²) in [4.78, 5) is 2.30. The maximum Gasteiger partial charge on any atom is 0.0635 e. The van der Waals surface area contributed by atoms with Gasteiger partial charge >= 0.3 is 0 Å². The molecule has 1 heterocycles. The zero-order valence-electron chi connectivity index (χ0n) is 9.82. The average molecular weight is 220 g/mol. The third-order valence-electron chi connectivity index (χ3n) is 3.49. The van der Waals surface area contributed by atoms with Crippen molar-refractivity contribution in [3.8, 4) is 0 Å². The number of nitrogens with two attached hydrogens (primary N) is 1. The van der Waals surface area contributed by atoms with Gasteiger partial charge in [-0.2, -0.15) is 0 Å². The van der Waals surface area contributed by atoms with Crippen LogP contribution in [-0.4, -0.2) is 24.3 Å². The molecule has 0 aliphatic carbocycles. The summed E-state index contributed by atoms with van der Waals surface area (Å²) in [6.45, 7) is 3.30.